The smallest absolute Gasteiger partial charge is 0.227 e. The first kappa shape index (κ1) is 19.7. The Morgan fingerprint density at radius 1 is 1.31 bits per heavy atom. The third kappa shape index (κ3) is 4.70. The molecular formula is C21H25N3O4S. The van der Waals surface area contributed by atoms with Crippen molar-refractivity contribution in [2.75, 3.05) is 26.3 Å². The molecule has 2 atom stereocenters. The molecule has 0 spiro atoms. The molecule has 1 aromatic heterocycles. The maximum atomic E-state index is 13.0. The maximum Gasteiger partial charge on any atom is 0.227 e. The number of ether oxygens (including phenoxy) is 2. The maximum absolute atomic E-state index is 13.0. The van der Waals surface area contributed by atoms with Crippen molar-refractivity contribution < 1.29 is 19.1 Å². The molecule has 3 heterocycles. The Morgan fingerprint density at radius 3 is 2.90 bits per heavy atom. The molecule has 2 amide bonds. The van der Waals surface area contributed by atoms with Gasteiger partial charge in [0.05, 0.1) is 12.5 Å². The van der Waals surface area contributed by atoms with Crippen LogP contribution < -0.4 is 14.8 Å². The highest BCUT2D eigenvalue weighted by molar-refractivity contribution is 7.09. The Bertz CT molecular complexity index is 871. The van der Waals surface area contributed by atoms with Gasteiger partial charge in [0.2, 0.25) is 11.8 Å². The van der Waals surface area contributed by atoms with Gasteiger partial charge in [-0.05, 0) is 30.5 Å². The normalized spacial score (nSPS) is 19.5. The van der Waals surface area contributed by atoms with Gasteiger partial charge in [0.1, 0.15) is 18.2 Å². The van der Waals surface area contributed by atoms with Gasteiger partial charge in [-0.25, -0.2) is 4.98 Å². The molecule has 4 rings (SSSR count). The van der Waals surface area contributed by atoms with Crippen LogP contribution in [0.1, 0.15) is 36.4 Å². The standard InChI is InChI=1S/C21H25N3O4S/c1-14(25)23-20(21-22-6-10-29-21)16-3-2-7-24(13-16)19(26)12-15-4-5-17-18(11-15)28-9-8-27-17/h4-6,10-11,16,20H,2-3,7-9,12-13H2,1H3,(H,23,25)/t16-,20+/m0/s1. The Kier molecular flexibility index (Phi) is 5.99. The highest BCUT2D eigenvalue weighted by Gasteiger charge is 2.32. The Labute approximate surface area is 174 Å². The molecule has 154 valence electrons. The number of fused-ring (bicyclic) bond motifs is 1. The van der Waals surface area contributed by atoms with Crippen molar-refractivity contribution in [1.82, 2.24) is 15.2 Å². The summed E-state index contributed by atoms with van der Waals surface area (Å²) in [6.07, 6.45) is 3.95. The van der Waals surface area contributed by atoms with Crippen molar-refractivity contribution in [3.05, 3.63) is 40.3 Å². The van der Waals surface area contributed by atoms with Crippen molar-refractivity contribution in [1.29, 1.82) is 0 Å². The summed E-state index contributed by atoms with van der Waals surface area (Å²) in [6.45, 7) is 3.96. The van der Waals surface area contributed by atoms with Gasteiger partial charge in [-0.1, -0.05) is 6.07 Å². The molecule has 1 N–H and O–H groups in total. The zero-order valence-corrected chi connectivity index (χ0v) is 17.2. The minimum Gasteiger partial charge on any atom is -0.486 e. The largest absolute Gasteiger partial charge is 0.486 e. The van der Waals surface area contributed by atoms with Crippen LogP contribution in [0.15, 0.2) is 29.8 Å². The molecule has 0 saturated carbocycles. The van der Waals surface area contributed by atoms with Gasteiger partial charge in [-0.3, -0.25) is 9.59 Å². The minimum atomic E-state index is -0.155. The summed E-state index contributed by atoms with van der Waals surface area (Å²) in [5.74, 6) is 1.60. The molecule has 2 aliphatic rings. The number of hydrogen-bond donors (Lipinski definition) is 1. The monoisotopic (exact) mass is 415 g/mol. The van der Waals surface area contributed by atoms with Crippen molar-refractivity contribution in [3.63, 3.8) is 0 Å². The van der Waals surface area contributed by atoms with E-state index in [2.05, 4.69) is 10.3 Å². The van der Waals surface area contributed by atoms with Crippen molar-refractivity contribution in [2.45, 2.75) is 32.2 Å². The number of rotatable bonds is 5. The molecule has 0 radical (unpaired) electrons. The SMILES string of the molecule is CC(=O)N[C@@H](c1nccs1)[C@H]1CCCN(C(=O)Cc2ccc3c(c2)OCCO3)C1. The molecule has 2 aliphatic heterocycles. The number of amides is 2. The second kappa shape index (κ2) is 8.82. The van der Waals surface area contributed by atoms with E-state index in [9.17, 15) is 9.59 Å². The molecule has 0 unspecified atom stereocenters. The fourth-order valence-corrected chi connectivity index (χ4v) is 4.76. The fourth-order valence-electron chi connectivity index (χ4n) is 3.98. The van der Waals surface area contributed by atoms with Crippen LogP contribution in [0.2, 0.25) is 0 Å². The number of piperidine rings is 1. The van der Waals surface area contributed by atoms with Crippen molar-refractivity contribution in [2.24, 2.45) is 5.92 Å². The molecule has 0 bridgehead atoms. The van der Waals surface area contributed by atoms with E-state index in [-0.39, 0.29) is 23.8 Å². The van der Waals surface area contributed by atoms with E-state index in [1.165, 1.54) is 18.3 Å². The third-order valence-electron chi connectivity index (χ3n) is 5.32. The minimum absolute atomic E-state index is 0.0788. The predicted octanol–water partition coefficient (Wildman–Crippen LogP) is 2.57. The molecular weight excluding hydrogens is 390 g/mol. The second-order valence-corrected chi connectivity index (χ2v) is 8.37. The lowest BCUT2D eigenvalue weighted by atomic mass is 9.90. The number of nitrogens with zero attached hydrogens (tertiary/aromatic N) is 2. The zero-order chi connectivity index (χ0) is 20.2. The van der Waals surface area contributed by atoms with Crippen LogP contribution in [0.4, 0.5) is 0 Å². The van der Waals surface area contributed by atoms with Crippen LogP contribution in [0, 0.1) is 5.92 Å². The van der Waals surface area contributed by atoms with Crippen LogP contribution in [0.5, 0.6) is 11.5 Å². The Morgan fingerprint density at radius 2 is 2.14 bits per heavy atom. The first-order chi connectivity index (χ1) is 14.1. The van der Waals surface area contributed by atoms with Gasteiger partial charge in [0.15, 0.2) is 11.5 Å². The van der Waals surface area contributed by atoms with Crippen molar-refractivity contribution >= 4 is 23.2 Å². The number of thiazole rings is 1. The van der Waals surface area contributed by atoms with Crippen LogP contribution in [0.25, 0.3) is 0 Å². The summed E-state index contributed by atoms with van der Waals surface area (Å²) in [4.78, 5) is 31.0. The van der Waals surface area contributed by atoms with E-state index in [0.29, 0.717) is 31.9 Å². The number of nitrogens with one attached hydrogen (secondary N) is 1. The average Bonchev–Trinajstić information content (AvgIpc) is 3.26. The van der Waals surface area contributed by atoms with E-state index in [1.54, 1.807) is 6.20 Å². The highest BCUT2D eigenvalue weighted by atomic mass is 32.1. The summed E-state index contributed by atoms with van der Waals surface area (Å²) in [6, 6.07) is 5.52. The van der Waals surface area contributed by atoms with Gasteiger partial charge < -0.3 is 19.7 Å². The van der Waals surface area contributed by atoms with E-state index in [4.69, 9.17) is 9.47 Å². The number of hydrogen-bond acceptors (Lipinski definition) is 6. The predicted molar refractivity (Wildman–Crippen MR) is 109 cm³/mol. The van der Waals surface area contributed by atoms with Gasteiger partial charge in [-0.2, -0.15) is 0 Å². The number of aromatic nitrogens is 1. The van der Waals surface area contributed by atoms with E-state index < -0.39 is 0 Å². The quantitative estimate of drug-likeness (QED) is 0.812. The molecule has 1 aromatic carbocycles. The molecule has 1 fully saturated rings. The van der Waals surface area contributed by atoms with Crippen LogP contribution >= 0.6 is 11.3 Å². The van der Waals surface area contributed by atoms with E-state index >= 15 is 0 Å². The van der Waals surface area contributed by atoms with Gasteiger partial charge in [-0.15, -0.1) is 11.3 Å². The van der Waals surface area contributed by atoms with Gasteiger partial charge in [0, 0.05) is 37.5 Å². The molecule has 7 nitrogen and oxygen atoms in total. The third-order valence-corrected chi connectivity index (χ3v) is 6.18. The topological polar surface area (TPSA) is 80.8 Å². The van der Waals surface area contributed by atoms with Crippen LogP contribution in [-0.4, -0.2) is 48.0 Å². The molecule has 29 heavy (non-hydrogen) atoms. The number of carbonyl (C=O) groups is 2. The van der Waals surface area contributed by atoms with Crippen LogP contribution in [0.3, 0.4) is 0 Å². The first-order valence-electron chi connectivity index (χ1n) is 9.93. The zero-order valence-electron chi connectivity index (χ0n) is 16.4. The lowest BCUT2D eigenvalue weighted by Gasteiger charge is -2.36. The summed E-state index contributed by atoms with van der Waals surface area (Å²) in [5, 5.41) is 5.85. The molecule has 8 heteroatoms. The molecule has 0 aliphatic carbocycles. The lowest BCUT2D eigenvalue weighted by molar-refractivity contribution is -0.132. The van der Waals surface area contributed by atoms with Crippen molar-refractivity contribution in [3.8, 4) is 11.5 Å². The number of carbonyl (C=O) groups excluding carboxylic acids is 2. The van der Waals surface area contributed by atoms with Gasteiger partial charge in [0.25, 0.3) is 0 Å². The summed E-state index contributed by atoms with van der Waals surface area (Å²) in [7, 11) is 0. The number of likely N-dealkylation sites (tertiary alicyclic amines) is 1. The van der Waals surface area contributed by atoms with E-state index in [1.807, 2.05) is 28.5 Å². The van der Waals surface area contributed by atoms with Gasteiger partial charge >= 0.3 is 0 Å². The fraction of sp³-hybridized carbons (Fsp3) is 0.476. The Balaban J connectivity index is 1.43. The molecule has 1 saturated heterocycles. The molecule has 2 aromatic rings. The Hall–Kier alpha value is -2.61. The summed E-state index contributed by atoms with van der Waals surface area (Å²) < 4.78 is 11.2. The second-order valence-electron chi connectivity index (χ2n) is 7.45. The lowest BCUT2D eigenvalue weighted by Crippen LogP contribution is -2.45. The average molecular weight is 416 g/mol. The number of benzene rings is 1. The van der Waals surface area contributed by atoms with E-state index in [0.717, 1.165) is 35.7 Å². The summed E-state index contributed by atoms with van der Waals surface area (Å²) in [5.41, 5.74) is 0.916. The first-order valence-corrected chi connectivity index (χ1v) is 10.8. The van der Waals surface area contributed by atoms with Crippen LogP contribution in [-0.2, 0) is 16.0 Å². The summed E-state index contributed by atoms with van der Waals surface area (Å²) >= 11 is 1.54. The highest BCUT2D eigenvalue weighted by Crippen LogP contribution is 2.33.